The highest BCUT2D eigenvalue weighted by Crippen LogP contribution is 2.27. The zero-order valence-corrected chi connectivity index (χ0v) is 20.6. The number of methoxy groups -OCH3 is 1. The molecule has 1 aliphatic heterocycles. The maximum atomic E-state index is 13.1. The van der Waals surface area contributed by atoms with Gasteiger partial charge in [-0.05, 0) is 34.9 Å². The van der Waals surface area contributed by atoms with Crippen LogP contribution in [0.4, 0.5) is 5.69 Å². The number of hydrogen-bond acceptors (Lipinski definition) is 6. The summed E-state index contributed by atoms with van der Waals surface area (Å²) in [5, 5.41) is 2.93. The molecule has 1 saturated heterocycles. The number of carbonyl (C=O) groups excluding carboxylic acids is 2. The van der Waals surface area contributed by atoms with Crippen LogP contribution in [-0.4, -0.2) is 69.8 Å². The van der Waals surface area contributed by atoms with Crippen molar-refractivity contribution >= 4 is 17.4 Å². The third kappa shape index (κ3) is 7.24. The van der Waals surface area contributed by atoms with Gasteiger partial charge in [-0.2, -0.15) is 0 Å². The molecule has 3 aromatic rings. The Morgan fingerprint density at radius 2 is 1.64 bits per heavy atom. The largest absolute Gasteiger partial charge is 0.489 e. The summed E-state index contributed by atoms with van der Waals surface area (Å²) in [4.78, 5) is 27.9. The highest BCUT2D eigenvalue weighted by molar-refractivity contribution is 6.00. The SMILES string of the molecule is COCCOc1ccc(C(=O)Cc2ccc(-c3ccccc3)cc2)cc1NC(=O)CN1CCOCC1. The number of hydrogen-bond donors (Lipinski definition) is 1. The van der Waals surface area contributed by atoms with Crippen LogP contribution in [0.15, 0.2) is 72.8 Å². The molecule has 0 aliphatic carbocycles. The second-order valence-electron chi connectivity index (χ2n) is 8.65. The van der Waals surface area contributed by atoms with Crippen molar-refractivity contribution in [2.75, 3.05) is 58.5 Å². The fourth-order valence-electron chi connectivity index (χ4n) is 4.05. The van der Waals surface area contributed by atoms with E-state index in [2.05, 4.69) is 17.4 Å². The quantitative estimate of drug-likeness (QED) is 0.324. The van der Waals surface area contributed by atoms with Crippen LogP contribution in [0.1, 0.15) is 15.9 Å². The van der Waals surface area contributed by atoms with Crippen LogP contribution in [0.5, 0.6) is 5.75 Å². The molecule has 0 unspecified atom stereocenters. The van der Waals surface area contributed by atoms with Gasteiger partial charge < -0.3 is 19.5 Å². The van der Waals surface area contributed by atoms with Gasteiger partial charge in [0.2, 0.25) is 5.91 Å². The van der Waals surface area contributed by atoms with Crippen molar-refractivity contribution in [3.63, 3.8) is 0 Å². The molecule has 1 N–H and O–H groups in total. The average molecular weight is 489 g/mol. The number of carbonyl (C=O) groups is 2. The summed E-state index contributed by atoms with van der Waals surface area (Å²) in [5.41, 5.74) is 4.17. The maximum absolute atomic E-state index is 13.1. The second kappa shape index (κ2) is 13.0. The van der Waals surface area contributed by atoms with E-state index in [0.29, 0.717) is 56.5 Å². The molecule has 7 nitrogen and oxygen atoms in total. The molecule has 0 spiro atoms. The predicted molar refractivity (Wildman–Crippen MR) is 140 cm³/mol. The molecule has 1 heterocycles. The van der Waals surface area contributed by atoms with Crippen molar-refractivity contribution in [1.29, 1.82) is 0 Å². The molecule has 1 aliphatic rings. The lowest BCUT2D eigenvalue weighted by atomic mass is 9.99. The highest BCUT2D eigenvalue weighted by Gasteiger charge is 2.17. The lowest BCUT2D eigenvalue weighted by Crippen LogP contribution is -2.41. The summed E-state index contributed by atoms with van der Waals surface area (Å²) in [6.45, 7) is 3.68. The molecule has 0 bridgehead atoms. The Morgan fingerprint density at radius 1 is 0.917 bits per heavy atom. The van der Waals surface area contributed by atoms with Gasteiger partial charge in [0.1, 0.15) is 12.4 Å². The van der Waals surface area contributed by atoms with Gasteiger partial charge in [0.15, 0.2) is 5.78 Å². The van der Waals surface area contributed by atoms with E-state index in [1.165, 1.54) is 0 Å². The van der Waals surface area contributed by atoms with E-state index in [4.69, 9.17) is 14.2 Å². The minimum atomic E-state index is -0.158. The lowest BCUT2D eigenvalue weighted by Gasteiger charge is -2.26. The summed E-state index contributed by atoms with van der Waals surface area (Å²) < 4.78 is 16.2. The first-order chi connectivity index (χ1) is 17.6. The van der Waals surface area contributed by atoms with Crippen molar-refractivity contribution in [3.05, 3.63) is 83.9 Å². The number of rotatable bonds is 11. The highest BCUT2D eigenvalue weighted by atomic mass is 16.5. The van der Waals surface area contributed by atoms with Gasteiger partial charge >= 0.3 is 0 Å². The number of morpholine rings is 1. The van der Waals surface area contributed by atoms with E-state index >= 15 is 0 Å². The molecule has 1 fully saturated rings. The Morgan fingerprint density at radius 3 is 2.36 bits per heavy atom. The van der Waals surface area contributed by atoms with E-state index in [9.17, 15) is 9.59 Å². The molecule has 0 atom stereocenters. The lowest BCUT2D eigenvalue weighted by molar-refractivity contribution is -0.118. The fourth-order valence-corrected chi connectivity index (χ4v) is 4.05. The zero-order valence-electron chi connectivity index (χ0n) is 20.6. The molecule has 0 aromatic heterocycles. The number of nitrogens with zero attached hydrogens (tertiary/aromatic N) is 1. The van der Waals surface area contributed by atoms with Crippen LogP contribution in [0, 0.1) is 0 Å². The number of nitrogens with one attached hydrogen (secondary N) is 1. The van der Waals surface area contributed by atoms with Crippen molar-refractivity contribution in [3.8, 4) is 16.9 Å². The molecule has 3 aromatic carbocycles. The topological polar surface area (TPSA) is 77.1 Å². The van der Waals surface area contributed by atoms with Gasteiger partial charge in [0, 0.05) is 32.2 Å². The number of amides is 1. The van der Waals surface area contributed by atoms with Gasteiger partial charge in [0.05, 0.1) is 32.1 Å². The van der Waals surface area contributed by atoms with Crippen LogP contribution in [0.2, 0.25) is 0 Å². The molecule has 0 radical (unpaired) electrons. The van der Waals surface area contributed by atoms with Gasteiger partial charge in [-0.1, -0.05) is 54.6 Å². The molecular weight excluding hydrogens is 456 g/mol. The average Bonchev–Trinajstić information content (AvgIpc) is 2.91. The molecule has 0 saturated carbocycles. The maximum Gasteiger partial charge on any atom is 0.238 e. The van der Waals surface area contributed by atoms with Gasteiger partial charge in [-0.3, -0.25) is 14.5 Å². The third-order valence-electron chi connectivity index (χ3n) is 6.02. The number of benzene rings is 3. The molecule has 7 heteroatoms. The molecule has 4 rings (SSSR count). The van der Waals surface area contributed by atoms with Crippen molar-refractivity contribution in [2.24, 2.45) is 0 Å². The predicted octanol–water partition coefficient (Wildman–Crippen LogP) is 4.07. The summed E-state index contributed by atoms with van der Waals surface area (Å²) in [7, 11) is 1.60. The monoisotopic (exact) mass is 488 g/mol. The van der Waals surface area contributed by atoms with Crippen LogP contribution in [-0.2, 0) is 20.7 Å². The Balaban J connectivity index is 1.45. The Bertz CT molecular complexity index is 1140. The number of ether oxygens (including phenoxy) is 3. The first kappa shape index (κ1) is 25.6. The minimum absolute atomic E-state index is 0.0328. The Labute approximate surface area is 212 Å². The Hall–Kier alpha value is -3.52. The van der Waals surface area contributed by atoms with E-state index in [-0.39, 0.29) is 24.7 Å². The van der Waals surface area contributed by atoms with Gasteiger partial charge in [-0.15, -0.1) is 0 Å². The van der Waals surface area contributed by atoms with Gasteiger partial charge in [0.25, 0.3) is 0 Å². The summed E-state index contributed by atoms with van der Waals surface area (Å²) in [6, 6.07) is 23.3. The molecule has 1 amide bonds. The van der Waals surface area contributed by atoms with Crippen molar-refractivity contribution in [2.45, 2.75) is 6.42 Å². The number of ketones is 1. The first-order valence-corrected chi connectivity index (χ1v) is 12.2. The first-order valence-electron chi connectivity index (χ1n) is 12.2. The van der Waals surface area contributed by atoms with E-state index < -0.39 is 0 Å². The van der Waals surface area contributed by atoms with Crippen LogP contribution >= 0.6 is 0 Å². The van der Waals surface area contributed by atoms with E-state index in [1.807, 2.05) is 47.4 Å². The molecular formula is C29H32N2O5. The molecule has 188 valence electrons. The van der Waals surface area contributed by atoms with E-state index in [1.54, 1.807) is 25.3 Å². The van der Waals surface area contributed by atoms with Crippen LogP contribution in [0.25, 0.3) is 11.1 Å². The van der Waals surface area contributed by atoms with Crippen molar-refractivity contribution < 1.29 is 23.8 Å². The summed E-state index contributed by atoms with van der Waals surface area (Å²) in [5.74, 6) is 0.315. The van der Waals surface area contributed by atoms with Gasteiger partial charge in [-0.25, -0.2) is 0 Å². The van der Waals surface area contributed by atoms with Crippen LogP contribution < -0.4 is 10.1 Å². The normalized spacial score (nSPS) is 13.8. The van der Waals surface area contributed by atoms with Crippen LogP contribution in [0.3, 0.4) is 0 Å². The standard InChI is InChI=1S/C29H32N2O5/c1-34-17-18-36-28-12-11-25(20-26(28)30-29(33)21-31-13-15-35-16-14-31)27(32)19-22-7-9-24(10-8-22)23-5-3-2-4-6-23/h2-12,20H,13-19,21H2,1H3,(H,30,33). The minimum Gasteiger partial charge on any atom is -0.489 e. The number of anilines is 1. The second-order valence-corrected chi connectivity index (χ2v) is 8.65. The summed E-state index contributed by atoms with van der Waals surface area (Å²) in [6.07, 6.45) is 0.264. The zero-order chi connectivity index (χ0) is 25.2. The van der Waals surface area contributed by atoms with E-state index in [0.717, 1.165) is 16.7 Å². The third-order valence-corrected chi connectivity index (χ3v) is 6.02. The number of Topliss-reactive ketones (excluding diaryl/α,β-unsaturated/α-hetero) is 1. The van der Waals surface area contributed by atoms with Crippen molar-refractivity contribution in [1.82, 2.24) is 4.90 Å². The fraction of sp³-hybridized carbons (Fsp3) is 0.310. The molecule has 36 heavy (non-hydrogen) atoms. The summed E-state index contributed by atoms with van der Waals surface area (Å²) >= 11 is 0. The smallest absolute Gasteiger partial charge is 0.238 e. The Kier molecular flexibility index (Phi) is 9.21.